The van der Waals surface area contributed by atoms with Crippen LogP contribution in [0.4, 0.5) is 8.78 Å². The molecule has 0 aliphatic heterocycles. The number of halogens is 2. The maximum Gasteiger partial charge on any atom is 0.245 e. The van der Waals surface area contributed by atoms with E-state index in [-0.39, 0.29) is 18.9 Å². The third-order valence-corrected chi connectivity index (χ3v) is 1.72. The summed E-state index contributed by atoms with van der Waals surface area (Å²) in [6.45, 7) is -0.435. The van der Waals surface area contributed by atoms with Crippen LogP contribution < -0.4 is 10.1 Å². The van der Waals surface area contributed by atoms with E-state index in [4.69, 9.17) is 9.84 Å². The molecule has 0 aromatic heterocycles. The minimum Gasteiger partial charge on any atom is -0.489 e. The van der Waals surface area contributed by atoms with Crippen molar-refractivity contribution in [3.8, 4) is 5.75 Å². The van der Waals surface area contributed by atoms with Crippen LogP contribution >= 0.6 is 0 Å². The van der Waals surface area contributed by atoms with E-state index < -0.39 is 24.1 Å². The zero-order valence-electron chi connectivity index (χ0n) is 8.37. The average molecular weight is 231 g/mol. The standard InChI is InChI=1S/C10H11F2NO3/c11-7-1-2-9(8(12)5-7)16-4-3-13-10(15)6-14/h1-2,5,14H,3-4,6H2,(H,13,15). The molecule has 1 rings (SSSR count). The lowest BCUT2D eigenvalue weighted by atomic mass is 10.3. The van der Waals surface area contributed by atoms with Crippen molar-refractivity contribution in [1.29, 1.82) is 0 Å². The smallest absolute Gasteiger partial charge is 0.245 e. The van der Waals surface area contributed by atoms with Gasteiger partial charge in [0.2, 0.25) is 5.91 Å². The van der Waals surface area contributed by atoms with Gasteiger partial charge in [-0.25, -0.2) is 8.78 Å². The summed E-state index contributed by atoms with van der Waals surface area (Å²) in [4.78, 5) is 10.6. The third kappa shape index (κ3) is 3.82. The largest absolute Gasteiger partial charge is 0.489 e. The topological polar surface area (TPSA) is 58.6 Å². The Labute approximate surface area is 90.8 Å². The van der Waals surface area contributed by atoms with Gasteiger partial charge in [-0.05, 0) is 12.1 Å². The second-order valence-corrected chi connectivity index (χ2v) is 2.93. The summed E-state index contributed by atoms with van der Waals surface area (Å²) in [7, 11) is 0. The number of nitrogens with one attached hydrogen (secondary N) is 1. The molecule has 2 N–H and O–H groups in total. The number of benzene rings is 1. The molecule has 0 bridgehead atoms. The zero-order chi connectivity index (χ0) is 12.0. The van der Waals surface area contributed by atoms with E-state index in [2.05, 4.69) is 5.32 Å². The van der Waals surface area contributed by atoms with Gasteiger partial charge in [0.05, 0.1) is 6.54 Å². The molecule has 0 saturated carbocycles. The summed E-state index contributed by atoms with van der Waals surface area (Å²) < 4.78 is 30.5. The number of carbonyl (C=O) groups is 1. The minimum atomic E-state index is -0.798. The van der Waals surface area contributed by atoms with Crippen molar-refractivity contribution < 1.29 is 23.4 Å². The lowest BCUT2D eigenvalue weighted by molar-refractivity contribution is -0.123. The Kier molecular flexibility index (Phi) is 4.65. The molecule has 0 fully saturated rings. The van der Waals surface area contributed by atoms with Crippen LogP contribution in [0.1, 0.15) is 0 Å². The molecule has 4 nitrogen and oxygen atoms in total. The summed E-state index contributed by atoms with van der Waals surface area (Å²) in [5.41, 5.74) is 0. The van der Waals surface area contributed by atoms with Gasteiger partial charge >= 0.3 is 0 Å². The summed E-state index contributed by atoms with van der Waals surface area (Å²) in [6, 6.07) is 2.95. The van der Waals surface area contributed by atoms with Crippen LogP contribution in [0.2, 0.25) is 0 Å². The molecule has 6 heteroatoms. The fraction of sp³-hybridized carbons (Fsp3) is 0.300. The fourth-order valence-corrected chi connectivity index (χ4v) is 1.000. The molecule has 1 amide bonds. The number of ether oxygens (including phenoxy) is 1. The van der Waals surface area contributed by atoms with E-state index in [1.165, 1.54) is 6.07 Å². The predicted octanol–water partition coefficient (Wildman–Crippen LogP) is 0.452. The first-order valence-electron chi connectivity index (χ1n) is 4.59. The van der Waals surface area contributed by atoms with E-state index >= 15 is 0 Å². The lowest BCUT2D eigenvalue weighted by Gasteiger charge is -2.07. The first kappa shape index (κ1) is 12.4. The van der Waals surface area contributed by atoms with Gasteiger partial charge in [-0.15, -0.1) is 0 Å². The van der Waals surface area contributed by atoms with Crippen molar-refractivity contribution in [2.24, 2.45) is 0 Å². The van der Waals surface area contributed by atoms with E-state index in [0.717, 1.165) is 6.07 Å². The molecule has 0 aliphatic rings. The highest BCUT2D eigenvalue weighted by Gasteiger charge is 2.04. The van der Waals surface area contributed by atoms with Gasteiger partial charge in [-0.1, -0.05) is 0 Å². The number of hydrogen-bond acceptors (Lipinski definition) is 3. The molecular formula is C10H11F2NO3. The maximum atomic E-state index is 13.0. The SMILES string of the molecule is O=C(CO)NCCOc1ccc(F)cc1F. The van der Waals surface area contributed by atoms with Gasteiger partial charge in [0.1, 0.15) is 19.0 Å². The third-order valence-electron chi connectivity index (χ3n) is 1.72. The van der Waals surface area contributed by atoms with Gasteiger partial charge < -0.3 is 15.2 Å². The predicted molar refractivity (Wildman–Crippen MR) is 51.9 cm³/mol. The summed E-state index contributed by atoms with van der Waals surface area (Å²) in [5.74, 6) is -2.10. The molecule has 0 spiro atoms. The highest BCUT2D eigenvalue weighted by atomic mass is 19.1. The first-order chi connectivity index (χ1) is 7.63. The van der Waals surface area contributed by atoms with Crippen molar-refractivity contribution in [3.63, 3.8) is 0 Å². The number of aliphatic hydroxyl groups is 1. The quantitative estimate of drug-likeness (QED) is 0.723. The highest BCUT2D eigenvalue weighted by molar-refractivity contribution is 5.76. The van der Waals surface area contributed by atoms with Crippen LogP contribution in [0, 0.1) is 11.6 Å². The van der Waals surface area contributed by atoms with Crippen LogP contribution in [-0.2, 0) is 4.79 Å². The molecule has 1 aromatic rings. The van der Waals surface area contributed by atoms with E-state index in [9.17, 15) is 13.6 Å². The normalized spacial score (nSPS) is 9.94. The van der Waals surface area contributed by atoms with Crippen LogP contribution in [0.15, 0.2) is 18.2 Å². The van der Waals surface area contributed by atoms with Crippen LogP contribution in [-0.4, -0.2) is 30.8 Å². The van der Waals surface area contributed by atoms with E-state index in [1.54, 1.807) is 0 Å². The molecule has 0 saturated heterocycles. The number of rotatable bonds is 5. The Balaban J connectivity index is 2.35. The number of amides is 1. The summed E-state index contributed by atoms with van der Waals surface area (Å²) in [6.07, 6.45) is 0. The second kappa shape index (κ2) is 6.02. The Bertz CT molecular complexity index is 371. The molecule has 0 atom stereocenters. The molecule has 1 aromatic carbocycles. The van der Waals surface area contributed by atoms with Crippen LogP contribution in [0.3, 0.4) is 0 Å². The van der Waals surface area contributed by atoms with Gasteiger partial charge in [0.25, 0.3) is 0 Å². The Morgan fingerprint density at radius 1 is 1.44 bits per heavy atom. The second-order valence-electron chi connectivity index (χ2n) is 2.93. The van der Waals surface area contributed by atoms with Crippen molar-refractivity contribution in [2.45, 2.75) is 0 Å². The molecule has 0 radical (unpaired) electrons. The number of carbonyl (C=O) groups excluding carboxylic acids is 1. The van der Waals surface area contributed by atoms with Gasteiger partial charge in [0.15, 0.2) is 11.6 Å². The van der Waals surface area contributed by atoms with Crippen molar-refractivity contribution in [3.05, 3.63) is 29.8 Å². The molecule has 0 aliphatic carbocycles. The molecular weight excluding hydrogens is 220 g/mol. The van der Waals surface area contributed by atoms with Gasteiger partial charge in [0, 0.05) is 6.07 Å². The van der Waals surface area contributed by atoms with Gasteiger partial charge in [-0.3, -0.25) is 4.79 Å². The lowest BCUT2D eigenvalue weighted by Crippen LogP contribution is -2.30. The number of aliphatic hydroxyl groups excluding tert-OH is 1. The number of hydrogen-bond donors (Lipinski definition) is 2. The van der Waals surface area contributed by atoms with Gasteiger partial charge in [-0.2, -0.15) is 0 Å². The Morgan fingerprint density at radius 2 is 2.19 bits per heavy atom. The fourth-order valence-electron chi connectivity index (χ4n) is 1.000. The minimum absolute atomic E-state index is 0.0360. The van der Waals surface area contributed by atoms with E-state index in [1.807, 2.05) is 0 Å². The van der Waals surface area contributed by atoms with Crippen molar-refractivity contribution in [1.82, 2.24) is 5.32 Å². The molecule has 88 valence electrons. The molecule has 16 heavy (non-hydrogen) atoms. The first-order valence-corrected chi connectivity index (χ1v) is 4.59. The highest BCUT2D eigenvalue weighted by Crippen LogP contribution is 2.16. The molecule has 0 heterocycles. The monoisotopic (exact) mass is 231 g/mol. The average Bonchev–Trinajstić information content (AvgIpc) is 2.26. The Hall–Kier alpha value is -1.69. The van der Waals surface area contributed by atoms with E-state index in [0.29, 0.717) is 6.07 Å². The Morgan fingerprint density at radius 3 is 2.81 bits per heavy atom. The molecule has 0 unspecified atom stereocenters. The van der Waals surface area contributed by atoms with Crippen LogP contribution in [0.5, 0.6) is 5.75 Å². The maximum absolute atomic E-state index is 13.0. The van der Waals surface area contributed by atoms with Crippen molar-refractivity contribution >= 4 is 5.91 Å². The van der Waals surface area contributed by atoms with Crippen molar-refractivity contribution in [2.75, 3.05) is 19.8 Å². The zero-order valence-corrected chi connectivity index (χ0v) is 8.37. The van der Waals surface area contributed by atoms with Crippen LogP contribution in [0.25, 0.3) is 0 Å². The summed E-state index contributed by atoms with van der Waals surface area (Å²) >= 11 is 0. The summed E-state index contributed by atoms with van der Waals surface area (Å²) in [5, 5.41) is 10.7.